The summed E-state index contributed by atoms with van der Waals surface area (Å²) in [6.07, 6.45) is 9.92. The van der Waals surface area contributed by atoms with Crippen LogP contribution in [0.1, 0.15) is 78.6 Å². The van der Waals surface area contributed by atoms with Gasteiger partial charge in [-0.15, -0.1) is 24.0 Å². The Bertz CT molecular complexity index is 481. The lowest BCUT2D eigenvalue weighted by Gasteiger charge is -2.33. The third kappa shape index (κ3) is 10.8. The van der Waals surface area contributed by atoms with Crippen LogP contribution in [-0.2, 0) is 9.53 Å². The van der Waals surface area contributed by atoms with Gasteiger partial charge in [0.05, 0.1) is 0 Å². The van der Waals surface area contributed by atoms with Gasteiger partial charge in [0.1, 0.15) is 5.60 Å². The Labute approximate surface area is 188 Å². The molecule has 0 amide bonds. The number of likely N-dealkylation sites (tertiary alicyclic amines) is 1. The zero-order chi connectivity index (χ0) is 19.7. The van der Waals surface area contributed by atoms with Gasteiger partial charge in [0.25, 0.3) is 0 Å². The average molecular weight is 508 g/mol. The lowest BCUT2D eigenvalue weighted by molar-refractivity contribution is -0.154. The normalized spacial score (nSPS) is 19.1. The number of unbranched alkanes of at least 4 members (excludes halogenated alkanes) is 3. The standard InChI is InChI=1S/C21H40N4O2.HI/c1-21(2,3)27-19(26)9-7-5-6-8-14-23-20(22-4)24-17-12-15-25(16-13-17)18-10-11-18;/h17-18H,5-16H2,1-4H3,(H2,22,23,24);1H. The van der Waals surface area contributed by atoms with Gasteiger partial charge < -0.3 is 20.3 Å². The van der Waals surface area contributed by atoms with E-state index in [-0.39, 0.29) is 35.5 Å². The zero-order valence-corrected chi connectivity index (χ0v) is 20.6. The monoisotopic (exact) mass is 508 g/mol. The van der Waals surface area contributed by atoms with Crippen LogP contribution >= 0.6 is 24.0 Å². The van der Waals surface area contributed by atoms with Crippen molar-refractivity contribution in [3.05, 3.63) is 0 Å². The topological polar surface area (TPSA) is 66.0 Å². The summed E-state index contributed by atoms with van der Waals surface area (Å²) in [5.41, 5.74) is -0.377. The molecule has 2 rings (SSSR count). The van der Waals surface area contributed by atoms with Gasteiger partial charge in [-0.3, -0.25) is 9.79 Å². The third-order valence-electron chi connectivity index (χ3n) is 5.18. The van der Waals surface area contributed by atoms with Crippen molar-refractivity contribution < 1.29 is 9.53 Å². The number of carbonyl (C=O) groups is 1. The molecule has 0 spiro atoms. The van der Waals surface area contributed by atoms with Crippen molar-refractivity contribution in [3.63, 3.8) is 0 Å². The molecule has 1 saturated carbocycles. The second-order valence-electron chi connectivity index (χ2n) is 8.94. The molecule has 1 heterocycles. The van der Waals surface area contributed by atoms with Crippen molar-refractivity contribution in [1.82, 2.24) is 15.5 Å². The number of rotatable bonds is 9. The van der Waals surface area contributed by atoms with Crippen molar-refractivity contribution in [2.75, 3.05) is 26.7 Å². The number of hydrogen-bond acceptors (Lipinski definition) is 4. The molecule has 1 aliphatic heterocycles. The quantitative estimate of drug-likeness (QED) is 0.164. The van der Waals surface area contributed by atoms with E-state index in [0.717, 1.165) is 44.2 Å². The summed E-state index contributed by atoms with van der Waals surface area (Å²) in [6, 6.07) is 1.43. The smallest absolute Gasteiger partial charge is 0.306 e. The maximum Gasteiger partial charge on any atom is 0.306 e. The van der Waals surface area contributed by atoms with E-state index >= 15 is 0 Å². The Hall–Kier alpha value is -0.570. The number of aliphatic imine (C=N–C) groups is 1. The van der Waals surface area contributed by atoms with E-state index in [2.05, 4.69) is 20.5 Å². The molecule has 0 aromatic rings. The summed E-state index contributed by atoms with van der Waals surface area (Å²) in [5.74, 6) is 0.839. The van der Waals surface area contributed by atoms with E-state index in [0.29, 0.717) is 12.5 Å². The molecule has 1 saturated heterocycles. The maximum absolute atomic E-state index is 11.7. The molecule has 164 valence electrons. The minimum Gasteiger partial charge on any atom is -0.460 e. The number of hydrogen-bond donors (Lipinski definition) is 2. The van der Waals surface area contributed by atoms with Gasteiger partial charge in [-0.2, -0.15) is 0 Å². The molecule has 0 bridgehead atoms. The van der Waals surface area contributed by atoms with E-state index in [9.17, 15) is 4.79 Å². The van der Waals surface area contributed by atoms with Crippen LogP contribution in [-0.4, -0.2) is 61.2 Å². The van der Waals surface area contributed by atoms with Crippen LogP contribution in [0.2, 0.25) is 0 Å². The number of guanidine groups is 1. The summed E-state index contributed by atoms with van der Waals surface area (Å²) in [5, 5.41) is 7.00. The average Bonchev–Trinajstić information content (AvgIpc) is 3.44. The fraction of sp³-hybridized carbons (Fsp3) is 0.905. The molecule has 1 aliphatic carbocycles. The maximum atomic E-state index is 11.7. The van der Waals surface area contributed by atoms with Crippen LogP contribution in [0, 0.1) is 0 Å². The van der Waals surface area contributed by atoms with Crippen LogP contribution in [0.4, 0.5) is 0 Å². The van der Waals surface area contributed by atoms with Gasteiger partial charge in [0.15, 0.2) is 5.96 Å². The van der Waals surface area contributed by atoms with E-state index < -0.39 is 0 Å². The fourth-order valence-electron chi connectivity index (χ4n) is 3.58. The summed E-state index contributed by atoms with van der Waals surface area (Å²) in [6.45, 7) is 9.09. The molecule has 0 atom stereocenters. The van der Waals surface area contributed by atoms with Crippen LogP contribution in [0.15, 0.2) is 4.99 Å². The number of nitrogens with one attached hydrogen (secondary N) is 2. The lowest BCUT2D eigenvalue weighted by atomic mass is 10.1. The third-order valence-corrected chi connectivity index (χ3v) is 5.18. The van der Waals surface area contributed by atoms with Gasteiger partial charge in [-0.25, -0.2) is 0 Å². The first-order chi connectivity index (χ1) is 12.9. The number of carbonyl (C=O) groups excluding carboxylic acids is 1. The first-order valence-electron chi connectivity index (χ1n) is 10.8. The minimum absolute atomic E-state index is 0. The molecular formula is C21H41IN4O2. The van der Waals surface area contributed by atoms with Gasteiger partial charge in [-0.05, 0) is 59.3 Å². The summed E-state index contributed by atoms with van der Waals surface area (Å²) in [4.78, 5) is 18.7. The number of nitrogens with zero attached hydrogens (tertiary/aromatic N) is 2. The van der Waals surface area contributed by atoms with Gasteiger partial charge >= 0.3 is 5.97 Å². The minimum atomic E-state index is -0.377. The molecular weight excluding hydrogens is 467 g/mol. The van der Waals surface area contributed by atoms with E-state index in [1.165, 1.54) is 38.8 Å². The number of piperidine rings is 1. The molecule has 2 aliphatic rings. The predicted octanol–water partition coefficient (Wildman–Crippen LogP) is 3.69. The molecule has 28 heavy (non-hydrogen) atoms. The second-order valence-corrected chi connectivity index (χ2v) is 8.94. The van der Waals surface area contributed by atoms with Gasteiger partial charge in [-0.1, -0.05) is 12.8 Å². The van der Waals surface area contributed by atoms with Crippen LogP contribution in [0.3, 0.4) is 0 Å². The molecule has 0 aromatic carbocycles. The summed E-state index contributed by atoms with van der Waals surface area (Å²) >= 11 is 0. The Morgan fingerprint density at radius 2 is 1.71 bits per heavy atom. The van der Waals surface area contributed by atoms with Crippen molar-refractivity contribution in [3.8, 4) is 0 Å². The Morgan fingerprint density at radius 3 is 2.29 bits per heavy atom. The highest BCUT2D eigenvalue weighted by Crippen LogP contribution is 2.29. The zero-order valence-electron chi connectivity index (χ0n) is 18.3. The van der Waals surface area contributed by atoms with Crippen LogP contribution < -0.4 is 10.6 Å². The highest BCUT2D eigenvalue weighted by Gasteiger charge is 2.31. The Balaban J connectivity index is 0.00000392. The van der Waals surface area contributed by atoms with E-state index in [1.54, 1.807) is 0 Å². The van der Waals surface area contributed by atoms with Crippen molar-refractivity contribution in [2.45, 2.75) is 96.2 Å². The molecule has 2 N–H and O–H groups in total. The van der Waals surface area contributed by atoms with Gasteiger partial charge in [0, 0.05) is 45.2 Å². The highest BCUT2D eigenvalue weighted by molar-refractivity contribution is 14.0. The second kappa shape index (κ2) is 12.9. The molecule has 0 unspecified atom stereocenters. The molecule has 6 nitrogen and oxygen atoms in total. The predicted molar refractivity (Wildman–Crippen MR) is 126 cm³/mol. The highest BCUT2D eigenvalue weighted by atomic mass is 127. The first kappa shape index (κ1) is 25.5. The summed E-state index contributed by atoms with van der Waals surface area (Å²) < 4.78 is 5.33. The first-order valence-corrected chi connectivity index (χ1v) is 10.8. The molecule has 0 aromatic heterocycles. The van der Waals surface area contributed by atoms with E-state index in [1.807, 2.05) is 27.8 Å². The Morgan fingerprint density at radius 1 is 1.07 bits per heavy atom. The van der Waals surface area contributed by atoms with Crippen molar-refractivity contribution >= 4 is 35.9 Å². The molecule has 0 radical (unpaired) electrons. The van der Waals surface area contributed by atoms with Crippen LogP contribution in [0.5, 0.6) is 0 Å². The fourth-order valence-corrected chi connectivity index (χ4v) is 3.58. The number of halogens is 1. The van der Waals surface area contributed by atoms with Crippen molar-refractivity contribution in [2.24, 2.45) is 4.99 Å². The molecule has 2 fully saturated rings. The van der Waals surface area contributed by atoms with Gasteiger partial charge in [0.2, 0.25) is 0 Å². The van der Waals surface area contributed by atoms with Crippen molar-refractivity contribution in [1.29, 1.82) is 0 Å². The number of esters is 1. The SMILES string of the molecule is CN=C(NCCCCCCC(=O)OC(C)(C)C)NC1CCN(C2CC2)CC1.I. The summed E-state index contributed by atoms with van der Waals surface area (Å²) in [7, 11) is 1.84. The number of ether oxygens (including phenoxy) is 1. The molecule has 7 heteroatoms. The Kier molecular flexibility index (Phi) is 11.7. The van der Waals surface area contributed by atoms with E-state index in [4.69, 9.17) is 4.74 Å². The lowest BCUT2D eigenvalue weighted by Crippen LogP contribution is -2.49. The van der Waals surface area contributed by atoms with Crippen LogP contribution in [0.25, 0.3) is 0 Å². The largest absolute Gasteiger partial charge is 0.460 e.